The first-order chi connectivity index (χ1) is 8.75. The van der Waals surface area contributed by atoms with E-state index in [1.54, 1.807) is 29.2 Å². The molecule has 18 heavy (non-hydrogen) atoms. The summed E-state index contributed by atoms with van der Waals surface area (Å²) in [4.78, 5) is 19.1. The number of hydrogen-bond donors (Lipinski definition) is 2. The summed E-state index contributed by atoms with van der Waals surface area (Å²) >= 11 is 0. The van der Waals surface area contributed by atoms with Crippen molar-refractivity contribution in [3.63, 3.8) is 0 Å². The predicted octanol–water partition coefficient (Wildman–Crippen LogP) is 0.656. The number of carboxylic acid groups (broad SMARTS) is 1. The van der Waals surface area contributed by atoms with Gasteiger partial charge < -0.3 is 10.4 Å². The molecule has 0 aromatic carbocycles. The van der Waals surface area contributed by atoms with Crippen LogP contribution in [0.1, 0.15) is 11.6 Å². The smallest absolute Gasteiger partial charge is 0.352 e. The van der Waals surface area contributed by atoms with Crippen LogP contribution in [-0.4, -0.2) is 30.8 Å². The van der Waals surface area contributed by atoms with Crippen LogP contribution in [-0.2, 0) is 4.79 Å². The molecule has 7 heteroatoms. The van der Waals surface area contributed by atoms with Gasteiger partial charge in [0.05, 0.1) is 0 Å². The van der Waals surface area contributed by atoms with Crippen LogP contribution in [0.5, 0.6) is 0 Å². The van der Waals surface area contributed by atoms with Gasteiger partial charge in [-0.1, -0.05) is 6.07 Å². The van der Waals surface area contributed by atoms with Gasteiger partial charge in [-0.3, -0.25) is 4.98 Å². The van der Waals surface area contributed by atoms with Crippen molar-refractivity contribution in [2.45, 2.75) is 6.04 Å². The van der Waals surface area contributed by atoms with Gasteiger partial charge in [0, 0.05) is 12.4 Å². The molecule has 0 unspecified atom stereocenters. The summed E-state index contributed by atoms with van der Waals surface area (Å²) in [6.07, 6.45) is 6.30. The van der Waals surface area contributed by atoms with E-state index in [4.69, 9.17) is 5.11 Å². The van der Waals surface area contributed by atoms with Crippen molar-refractivity contribution in [3.8, 4) is 0 Å². The topological polar surface area (TPSA) is 92.9 Å². The van der Waals surface area contributed by atoms with E-state index in [9.17, 15) is 4.79 Å². The minimum Gasteiger partial charge on any atom is -0.477 e. The van der Waals surface area contributed by atoms with Crippen molar-refractivity contribution in [1.29, 1.82) is 0 Å². The van der Waals surface area contributed by atoms with E-state index >= 15 is 0 Å². The highest BCUT2D eigenvalue weighted by molar-refractivity contribution is 5.90. The molecule has 0 fully saturated rings. The number of fused-ring (bicyclic) bond motifs is 1. The molecule has 2 N–H and O–H groups in total. The van der Waals surface area contributed by atoms with E-state index in [0.29, 0.717) is 5.95 Å². The number of rotatable bonds is 2. The Balaban J connectivity index is 2.10. The van der Waals surface area contributed by atoms with Crippen LogP contribution in [0.15, 0.2) is 42.6 Å². The first-order valence-corrected chi connectivity index (χ1v) is 5.27. The van der Waals surface area contributed by atoms with Gasteiger partial charge in [-0.15, -0.1) is 0 Å². The second-order valence-electron chi connectivity index (χ2n) is 3.77. The summed E-state index contributed by atoms with van der Waals surface area (Å²) in [6.45, 7) is 0. The van der Waals surface area contributed by atoms with Crippen molar-refractivity contribution in [2.24, 2.45) is 0 Å². The molecule has 90 valence electrons. The minimum atomic E-state index is -1.03. The fraction of sp³-hybridized carbons (Fsp3) is 0.0909. The molecule has 1 atom stereocenters. The molecule has 2 aromatic heterocycles. The summed E-state index contributed by atoms with van der Waals surface area (Å²) in [7, 11) is 0. The molecular formula is C11H9N5O2. The van der Waals surface area contributed by atoms with E-state index in [1.165, 1.54) is 6.33 Å². The van der Waals surface area contributed by atoms with E-state index in [2.05, 4.69) is 20.4 Å². The molecular weight excluding hydrogens is 234 g/mol. The fourth-order valence-corrected chi connectivity index (χ4v) is 1.85. The van der Waals surface area contributed by atoms with Gasteiger partial charge in [0.2, 0.25) is 5.95 Å². The van der Waals surface area contributed by atoms with Gasteiger partial charge >= 0.3 is 5.97 Å². The summed E-state index contributed by atoms with van der Waals surface area (Å²) in [5, 5.41) is 15.9. The molecule has 0 saturated carbocycles. The van der Waals surface area contributed by atoms with Crippen molar-refractivity contribution in [2.75, 3.05) is 5.32 Å². The average molecular weight is 243 g/mol. The highest BCUT2D eigenvalue weighted by Gasteiger charge is 2.25. The van der Waals surface area contributed by atoms with Gasteiger partial charge in [0.1, 0.15) is 18.1 Å². The Morgan fingerprint density at radius 3 is 3.11 bits per heavy atom. The molecule has 0 aliphatic carbocycles. The average Bonchev–Trinajstić information content (AvgIpc) is 2.86. The zero-order chi connectivity index (χ0) is 12.5. The number of nitrogens with one attached hydrogen (secondary N) is 1. The van der Waals surface area contributed by atoms with Crippen molar-refractivity contribution < 1.29 is 9.90 Å². The number of hydrogen-bond acceptors (Lipinski definition) is 5. The molecule has 0 saturated heterocycles. The second kappa shape index (κ2) is 3.95. The number of aromatic nitrogens is 4. The maximum atomic E-state index is 11.1. The van der Waals surface area contributed by atoms with E-state index in [0.717, 1.165) is 5.56 Å². The number of pyridine rings is 1. The van der Waals surface area contributed by atoms with Crippen molar-refractivity contribution in [1.82, 2.24) is 19.7 Å². The number of nitrogens with zero attached hydrogens (tertiary/aromatic N) is 4. The molecule has 0 bridgehead atoms. The third kappa shape index (κ3) is 1.61. The monoisotopic (exact) mass is 243 g/mol. The largest absolute Gasteiger partial charge is 0.477 e. The minimum absolute atomic E-state index is 0.0874. The summed E-state index contributed by atoms with van der Waals surface area (Å²) < 4.78 is 1.61. The molecule has 2 aromatic rings. The lowest BCUT2D eigenvalue weighted by Crippen LogP contribution is -2.24. The van der Waals surface area contributed by atoms with Gasteiger partial charge in [-0.2, -0.15) is 10.1 Å². The first kappa shape index (κ1) is 10.5. The normalized spacial score (nSPS) is 17.6. The number of carbonyl (C=O) groups is 1. The maximum absolute atomic E-state index is 11.1. The molecule has 1 aliphatic rings. The van der Waals surface area contributed by atoms with Crippen LogP contribution in [0, 0.1) is 0 Å². The third-order valence-electron chi connectivity index (χ3n) is 2.66. The summed E-state index contributed by atoms with van der Waals surface area (Å²) in [5.41, 5.74) is 0.939. The number of carboxylic acids is 1. The molecule has 3 rings (SSSR count). The quantitative estimate of drug-likeness (QED) is 0.804. The number of aliphatic carboxylic acids is 1. The third-order valence-corrected chi connectivity index (χ3v) is 2.66. The molecule has 7 nitrogen and oxygen atoms in total. The van der Waals surface area contributed by atoms with Crippen molar-refractivity contribution >= 4 is 11.9 Å². The van der Waals surface area contributed by atoms with Crippen LogP contribution in [0.3, 0.4) is 0 Å². The predicted molar refractivity (Wildman–Crippen MR) is 61.7 cm³/mol. The Morgan fingerprint density at radius 2 is 2.39 bits per heavy atom. The summed E-state index contributed by atoms with van der Waals surface area (Å²) in [6, 6.07) is 3.34. The maximum Gasteiger partial charge on any atom is 0.352 e. The first-order valence-electron chi connectivity index (χ1n) is 5.27. The molecule has 0 spiro atoms. The standard InChI is InChI=1S/C11H9N5O2/c17-10(18)8-4-9(7-2-1-3-12-5-7)16-11(15-8)13-6-14-16/h1-6,9H,(H,17,18)(H,13,14,15)/t9-/m0/s1. The lowest BCUT2D eigenvalue weighted by molar-refractivity contribution is -0.132. The van der Waals surface area contributed by atoms with E-state index in [1.807, 2.05) is 6.07 Å². The van der Waals surface area contributed by atoms with E-state index < -0.39 is 5.97 Å². The highest BCUT2D eigenvalue weighted by atomic mass is 16.4. The Morgan fingerprint density at radius 1 is 1.50 bits per heavy atom. The van der Waals surface area contributed by atoms with Gasteiger partial charge in [0.15, 0.2) is 0 Å². The van der Waals surface area contributed by atoms with Crippen LogP contribution >= 0.6 is 0 Å². The Labute approximate surface area is 102 Å². The Kier molecular flexibility index (Phi) is 2.30. The molecule has 1 aliphatic heterocycles. The number of anilines is 1. The zero-order valence-electron chi connectivity index (χ0n) is 9.19. The van der Waals surface area contributed by atoms with Gasteiger partial charge in [-0.05, 0) is 17.7 Å². The molecule has 3 heterocycles. The zero-order valence-corrected chi connectivity index (χ0v) is 9.19. The lowest BCUT2D eigenvalue weighted by Gasteiger charge is -2.22. The highest BCUT2D eigenvalue weighted by Crippen LogP contribution is 2.27. The second-order valence-corrected chi connectivity index (χ2v) is 3.77. The van der Waals surface area contributed by atoms with Crippen molar-refractivity contribution in [3.05, 3.63) is 48.2 Å². The Bertz CT molecular complexity index is 619. The SMILES string of the molecule is O=C(O)C1=C[C@@H](c2cccnc2)n2ncnc2N1. The lowest BCUT2D eigenvalue weighted by atomic mass is 10.1. The molecule has 0 radical (unpaired) electrons. The fourth-order valence-electron chi connectivity index (χ4n) is 1.85. The van der Waals surface area contributed by atoms with Crippen LogP contribution in [0.2, 0.25) is 0 Å². The van der Waals surface area contributed by atoms with Crippen LogP contribution in [0.25, 0.3) is 0 Å². The van der Waals surface area contributed by atoms with Gasteiger partial charge in [-0.25, -0.2) is 9.48 Å². The number of allylic oxidation sites excluding steroid dienone is 1. The summed E-state index contributed by atoms with van der Waals surface area (Å²) in [5.74, 6) is -0.623. The van der Waals surface area contributed by atoms with Gasteiger partial charge in [0.25, 0.3) is 0 Å². The molecule has 0 amide bonds. The van der Waals surface area contributed by atoms with E-state index in [-0.39, 0.29) is 11.7 Å². The van der Waals surface area contributed by atoms with Crippen LogP contribution < -0.4 is 5.32 Å². The van der Waals surface area contributed by atoms with Crippen LogP contribution in [0.4, 0.5) is 5.95 Å². The Hall–Kier alpha value is -2.70.